The number of carbonyl (C=O) groups is 2. The molecule has 8 heteroatoms. The molecule has 0 spiro atoms. The van der Waals surface area contributed by atoms with Crippen molar-refractivity contribution in [1.82, 2.24) is 20.0 Å². The lowest BCUT2D eigenvalue weighted by molar-refractivity contribution is -0.128. The summed E-state index contributed by atoms with van der Waals surface area (Å²) in [5, 5.41) is 3.04. The van der Waals surface area contributed by atoms with Crippen LogP contribution in [0.15, 0.2) is 72.5 Å². The van der Waals surface area contributed by atoms with Crippen LogP contribution in [0.4, 0.5) is 4.79 Å². The van der Waals surface area contributed by atoms with Crippen LogP contribution in [0.5, 0.6) is 11.5 Å². The zero-order valence-corrected chi connectivity index (χ0v) is 21.5. The first kappa shape index (κ1) is 24.9. The molecule has 0 saturated carbocycles. The molecule has 8 nitrogen and oxygen atoms in total. The van der Waals surface area contributed by atoms with Crippen molar-refractivity contribution in [3.05, 3.63) is 83.6 Å². The molecule has 194 valence electrons. The quantitative estimate of drug-likeness (QED) is 0.557. The number of nitrogens with one attached hydrogen (secondary N) is 1. The molecule has 0 radical (unpaired) electrons. The summed E-state index contributed by atoms with van der Waals surface area (Å²) in [6.45, 7) is 7.36. The van der Waals surface area contributed by atoms with Crippen LogP contribution in [0.3, 0.4) is 0 Å². The van der Waals surface area contributed by atoms with Gasteiger partial charge in [0, 0.05) is 38.3 Å². The zero-order valence-electron chi connectivity index (χ0n) is 21.5. The molecule has 37 heavy (non-hydrogen) atoms. The molecule has 3 aliphatic heterocycles. The maximum absolute atomic E-state index is 13.9. The van der Waals surface area contributed by atoms with E-state index in [4.69, 9.17) is 9.47 Å². The minimum absolute atomic E-state index is 0.0163. The van der Waals surface area contributed by atoms with E-state index in [1.807, 2.05) is 23.1 Å². The van der Waals surface area contributed by atoms with Crippen molar-refractivity contribution in [1.29, 1.82) is 0 Å². The number of carbonyl (C=O) groups excluding carboxylic acids is 2. The SMILES string of the molecule is C=CCN1C(=O)NC(c2cc(OC)cc(OC)c2)C2=C1CN(C1CCN(Cc3ccccc3)CC1)C2=O. The van der Waals surface area contributed by atoms with E-state index in [1.54, 1.807) is 31.3 Å². The fourth-order valence-corrected chi connectivity index (χ4v) is 5.61. The maximum atomic E-state index is 13.9. The van der Waals surface area contributed by atoms with Gasteiger partial charge >= 0.3 is 6.03 Å². The summed E-state index contributed by atoms with van der Waals surface area (Å²) >= 11 is 0. The number of likely N-dealkylation sites (tertiary alicyclic amines) is 1. The summed E-state index contributed by atoms with van der Waals surface area (Å²) in [5.41, 5.74) is 3.43. The molecule has 2 aromatic carbocycles. The van der Waals surface area contributed by atoms with Crippen molar-refractivity contribution in [2.45, 2.75) is 31.5 Å². The lowest BCUT2D eigenvalue weighted by Crippen LogP contribution is -2.47. The zero-order chi connectivity index (χ0) is 25.9. The van der Waals surface area contributed by atoms with E-state index in [9.17, 15) is 9.59 Å². The Hall–Kier alpha value is -3.78. The number of piperidine rings is 1. The first-order valence-corrected chi connectivity index (χ1v) is 12.7. The molecule has 1 unspecified atom stereocenters. The van der Waals surface area contributed by atoms with Gasteiger partial charge < -0.3 is 19.7 Å². The van der Waals surface area contributed by atoms with E-state index in [1.165, 1.54) is 5.56 Å². The second-order valence-electron chi connectivity index (χ2n) is 9.71. The van der Waals surface area contributed by atoms with Gasteiger partial charge in [0.25, 0.3) is 5.91 Å². The van der Waals surface area contributed by atoms with Gasteiger partial charge in [-0.25, -0.2) is 4.79 Å². The third kappa shape index (κ3) is 4.93. The first-order chi connectivity index (χ1) is 18.0. The third-order valence-electron chi connectivity index (χ3n) is 7.52. The van der Waals surface area contributed by atoms with Crippen LogP contribution in [0.1, 0.15) is 30.0 Å². The molecule has 3 amide bonds. The highest BCUT2D eigenvalue weighted by Gasteiger charge is 2.46. The fraction of sp³-hybridized carbons (Fsp3) is 0.379. The molecular formula is C29H34N4O4. The van der Waals surface area contributed by atoms with E-state index >= 15 is 0 Å². The lowest BCUT2D eigenvalue weighted by Gasteiger charge is -2.37. The number of methoxy groups -OCH3 is 2. The molecule has 3 aliphatic rings. The molecule has 1 saturated heterocycles. The highest BCUT2D eigenvalue weighted by atomic mass is 16.5. The number of benzene rings is 2. The van der Waals surface area contributed by atoms with Crippen molar-refractivity contribution in [3.63, 3.8) is 0 Å². The predicted octanol–water partition coefficient (Wildman–Crippen LogP) is 3.72. The van der Waals surface area contributed by atoms with Crippen molar-refractivity contribution in [3.8, 4) is 11.5 Å². The van der Waals surface area contributed by atoms with Crippen LogP contribution in [-0.4, -0.2) is 73.1 Å². The Bertz CT molecular complexity index is 1180. The number of ether oxygens (including phenoxy) is 2. The largest absolute Gasteiger partial charge is 0.497 e. The Kier molecular flexibility index (Phi) is 7.19. The number of amides is 3. The molecule has 3 heterocycles. The van der Waals surface area contributed by atoms with Crippen LogP contribution in [0.25, 0.3) is 0 Å². The minimum atomic E-state index is -0.580. The summed E-state index contributed by atoms with van der Waals surface area (Å²) in [5.74, 6) is 1.19. The van der Waals surface area contributed by atoms with Gasteiger partial charge in [0.1, 0.15) is 11.5 Å². The Morgan fingerprint density at radius 2 is 1.70 bits per heavy atom. The molecule has 0 bridgehead atoms. The number of urea groups is 1. The van der Waals surface area contributed by atoms with E-state index in [0.29, 0.717) is 30.2 Å². The summed E-state index contributed by atoms with van der Waals surface area (Å²) < 4.78 is 10.9. The van der Waals surface area contributed by atoms with E-state index in [0.717, 1.165) is 43.7 Å². The molecule has 1 fully saturated rings. The average Bonchev–Trinajstić information content (AvgIpc) is 3.27. The van der Waals surface area contributed by atoms with Gasteiger partial charge in [0.2, 0.25) is 0 Å². The minimum Gasteiger partial charge on any atom is -0.497 e. The smallest absolute Gasteiger partial charge is 0.322 e. The van der Waals surface area contributed by atoms with Gasteiger partial charge in [0.05, 0.1) is 38.1 Å². The molecule has 1 atom stereocenters. The highest BCUT2D eigenvalue weighted by Crippen LogP contribution is 2.40. The second kappa shape index (κ2) is 10.7. The van der Waals surface area contributed by atoms with Crippen molar-refractivity contribution in [2.75, 3.05) is 40.4 Å². The monoisotopic (exact) mass is 502 g/mol. The summed E-state index contributed by atoms with van der Waals surface area (Å²) in [7, 11) is 3.17. The Morgan fingerprint density at radius 3 is 2.32 bits per heavy atom. The Balaban J connectivity index is 1.38. The van der Waals surface area contributed by atoms with Gasteiger partial charge in [0.15, 0.2) is 0 Å². The molecule has 5 rings (SSSR count). The summed E-state index contributed by atoms with van der Waals surface area (Å²) in [6.07, 6.45) is 3.49. The number of nitrogens with zero attached hydrogens (tertiary/aromatic N) is 3. The standard InChI is InChI=1S/C29H34N4O4/c1-4-12-32-25-19-33(22-10-13-31(14-11-22)18-20-8-6-5-7-9-20)28(34)26(25)27(30-29(32)35)21-15-23(36-2)17-24(16-21)37-3/h4-9,15-17,22,27H,1,10-14,18-19H2,2-3H3,(H,30,35). The highest BCUT2D eigenvalue weighted by molar-refractivity contribution is 6.01. The van der Waals surface area contributed by atoms with Crippen LogP contribution in [-0.2, 0) is 11.3 Å². The molecular weight excluding hydrogens is 468 g/mol. The van der Waals surface area contributed by atoms with Crippen LogP contribution >= 0.6 is 0 Å². The van der Waals surface area contributed by atoms with E-state index in [2.05, 4.69) is 41.1 Å². The predicted molar refractivity (Wildman–Crippen MR) is 141 cm³/mol. The molecule has 0 aliphatic carbocycles. The maximum Gasteiger partial charge on any atom is 0.322 e. The van der Waals surface area contributed by atoms with Gasteiger partial charge in [-0.1, -0.05) is 36.4 Å². The number of hydrogen-bond donors (Lipinski definition) is 1. The number of hydrogen-bond acceptors (Lipinski definition) is 5. The Morgan fingerprint density at radius 1 is 1.03 bits per heavy atom. The Labute approximate surface area is 218 Å². The second-order valence-corrected chi connectivity index (χ2v) is 9.71. The number of rotatable bonds is 8. The van der Waals surface area contributed by atoms with E-state index in [-0.39, 0.29) is 18.0 Å². The van der Waals surface area contributed by atoms with Gasteiger partial charge in [-0.05, 0) is 36.1 Å². The molecule has 0 aromatic heterocycles. The van der Waals surface area contributed by atoms with Gasteiger partial charge in [-0.2, -0.15) is 0 Å². The van der Waals surface area contributed by atoms with Crippen LogP contribution in [0.2, 0.25) is 0 Å². The summed E-state index contributed by atoms with van der Waals surface area (Å²) in [4.78, 5) is 33.2. The molecule has 2 aromatic rings. The fourth-order valence-electron chi connectivity index (χ4n) is 5.61. The molecule has 1 N–H and O–H groups in total. The van der Waals surface area contributed by atoms with Gasteiger partial charge in [-0.3, -0.25) is 14.6 Å². The topological polar surface area (TPSA) is 74.4 Å². The van der Waals surface area contributed by atoms with Crippen LogP contribution < -0.4 is 14.8 Å². The normalized spacial score (nSPS) is 20.6. The average molecular weight is 503 g/mol. The third-order valence-corrected chi connectivity index (χ3v) is 7.52. The first-order valence-electron chi connectivity index (χ1n) is 12.7. The van der Waals surface area contributed by atoms with Crippen molar-refractivity contribution >= 4 is 11.9 Å². The van der Waals surface area contributed by atoms with E-state index < -0.39 is 6.04 Å². The van der Waals surface area contributed by atoms with Crippen LogP contribution in [0, 0.1) is 0 Å². The van der Waals surface area contributed by atoms with Crippen molar-refractivity contribution in [2.24, 2.45) is 0 Å². The van der Waals surface area contributed by atoms with Crippen molar-refractivity contribution < 1.29 is 19.1 Å². The van der Waals surface area contributed by atoms with Gasteiger partial charge in [-0.15, -0.1) is 6.58 Å². The summed E-state index contributed by atoms with van der Waals surface area (Å²) in [6, 6.07) is 15.3. The lowest BCUT2D eigenvalue weighted by atomic mass is 9.95.